The molecule has 1 aliphatic heterocycles. The quantitative estimate of drug-likeness (QED) is 0.0116. The summed E-state index contributed by atoms with van der Waals surface area (Å²) in [7, 11) is -14.5. The second-order valence-corrected chi connectivity index (χ2v) is 17.4. The number of carbonyl (C=O) groups is 3. The molecule has 20 nitrogen and oxygen atoms in total. The zero-order valence-electron chi connectivity index (χ0n) is 30.5. The third kappa shape index (κ3) is 10.9. The molecule has 0 saturated heterocycles. The first kappa shape index (κ1) is 44.7. The first-order valence-corrected chi connectivity index (χ1v) is 21.8. The zero-order chi connectivity index (χ0) is 42.5. The minimum atomic E-state index is -5.18. The van der Waals surface area contributed by atoms with Gasteiger partial charge in [-0.2, -0.15) is 25.3 Å². The summed E-state index contributed by atoms with van der Waals surface area (Å²) < 4.78 is 107. The SMILES string of the molecule is CCCCN(CCCCC(NC(=O)c1ccc(-c2c3ccc(=[NH2+])c(S(=O)(=O)O)c-3oc3c(S(=O)(=O)O)c(N)ccc23)c(C(=O)O)c1)C(=O)NN)CCCS(=O)(=O)O. The highest BCUT2D eigenvalue weighted by atomic mass is 32.2. The van der Waals surface area contributed by atoms with E-state index in [-0.39, 0.29) is 46.2 Å². The largest absolute Gasteiger partial charge is 0.478 e. The second-order valence-electron chi connectivity index (χ2n) is 13.1. The van der Waals surface area contributed by atoms with Gasteiger partial charge in [0.05, 0.1) is 17.0 Å². The van der Waals surface area contributed by atoms with Crippen LogP contribution in [0.25, 0.3) is 33.4 Å². The van der Waals surface area contributed by atoms with Crippen molar-refractivity contribution in [1.29, 1.82) is 0 Å². The summed E-state index contributed by atoms with van der Waals surface area (Å²) >= 11 is 0. The van der Waals surface area contributed by atoms with Crippen LogP contribution in [0.3, 0.4) is 0 Å². The van der Waals surface area contributed by atoms with Crippen LogP contribution < -0.4 is 33.1 Å². The molecular weight excluding hydrogens is 813 g/mol. The molecule has 57 heavy (non-hydrogen) atoms. The number of anilines is 1. The van der Waals surface area contributed by atoms with E-state index in [0.29, 0.717) is 32.5 Å². The van der Waals surface area contributed by atoms with Crippen molar-refractivity contribution in [1.82, 2.24) is 15.6 Å². The van der Waals surface area contributed by atoms with Crippen LogP contribution in [0.2, 0.25) is 0 Å². The second kappa shape index (κ2) is 18.1. The summed E-state index contributed by atoms with van der Waals surface area (Å²) in [6.07, 6.45) is 3.02. The van der Waals surface area contributed by atoms with Crippen molar-refractivity contribution in [3.8, 4) is 22.5 Å². The Balaban J connectivity index is 1.73. The smallest absolute Gasteiger partial charge is 0.336 e. The Bertz CT molecular complexity index is 2560. The molecule has 2 aromatic carbocycles. The molecule has 0 bridgehead atoms. The van der Waals surface area contributed by atoms with Crippen LogP contribution in [0.15, 0.2) is 56.7 Å². The molecule has 2 aromatic rings. The lowest BCUT2D eigenvalue weighted by Crippen LogP contribution is -2.49. The number of carboxylic acids is 1. The molecule has 1 atom stereocenters. The van der Waals surface area contributed by atoms with Gasteiger partial charge in [0, 0.05) is 28.1 Å². The minimum Gasteiger partial charge on any atom is -0.478 e. The summed E-state index contributed by atoms with van der Waals surface area (Å²) in [5, 5.41) is 18.1. The number of carbonyl (C=O) groups excluding carboxylic acids is 2. The van der Waals surface area contributed by atoms with E-state index in [9.17, 15) is 53.8 Å². The van der Waals surface area contributed by atoms with Gasteiger partial charge in [0.2, 0.25) is 10.3 Å². The zero-order valence-corrected chi connectivity index (χ0v) is 32.9. The molecule has 0 fully saturated rings. The highest BCUT2D eigenvalue weighted by molar-refractivity contribution is 7.86. The van der Waals surface area contributed by atoms with E-state index in [1.54, 1.807) is 0 Å². The number of benzene rings is 3. The van der Waals surface area contributed by atoms with Crippen molar-refractivity contribution < 1.29 is 68.2 Å². The van der Waals surface area contributed by atoms with Crippen molar-refractivity contribution in [2.75, 3.05) is 31.1 Å². The Morgan fingerprint density at radius 3 is 2.09 bits per heavy atom. The van der Waals surface area contributed by atoms with Crippen molar-refractivity contribution in [3.63, 3.8) is 0 Å². The van der Waals surface area contributed by atoms with Gasteiger partial charge in [-0.25, -0.2) is 10.6 Å². The maximum absolute atomic E-state index is 13.5. The minimum absolute atomic E-state index is 0.106. The van der Waals surface area contributed by atoms with Crippen LogP contribution in [0.4, 0.5) is 5.69 Å². The van der Waals surface area contributed by atoms with Crippen molar-refractivity contribution in [2.24, 2.45) is 5.84 Å². The molecule has 0 aromatic heterocycles. The molecule has 23 heteroatoms. The number of unbranched alkanes of at least 4 members (excludes halogenated alkanes) is 2. The molecule has 1 unspecified atom stereocenters. The number of nitrogens with one attached hydrogen (secondary N) is 2. The molecule has 0 radical (unpaired) electrons. The Morgan fingerprint density at radius 1 is 0.860 bits per heavy atom. The fraction of sp³-hybridized carbons (Fsp3) is 0.353. The summed E-state index contributed by atoms with van der Waals surface area (Å²) in [6.45, 7) is 3.64. The topological polar surface area (TPSA) is 353 Å². The highest BCUT2D eigenvalue weighted by Crippen LogP contribution is 2.45. The van der Waals surface area contributed by atoms with Crippen molar-refractivity contribution in [3.05, 3.63) is 58.9 Å². The molecule has 12 N–H and O–H groups in total. The molecular formula is C34H43N6O14S3+. The van der Waals surface area contributed by atoms with E-state index in [4.69, 9.17) is 26.0 Å². The Hall–Kier alpha value is -5.01. The van der Waals surface area contributed by atoms with Crippen LogP contribution in [-0.2, 0) is 35.1 Å². The lowest BCUT2D eigenvalue weighted by atomic mass is 9.89. The number of fused-ring (bicyclic) bond motifs is 2. The molecule has 0 spiro atoms. The van der Waals surface area contributed by atoms with Gasteiger partial charge >= 0.3 is 16.1 Å². The number of hydrogen-bond acceptors (Lipinski definition) is 13. The molecule has 310 valence electrons. The van der Waals surface area contributed by atoms with Gasteiger partial charge in [0.1, 0.15) is 6.04 Å². The van der Waals surface area contributed by atoms with Crippen LogP contribution in [-0.4, -0.2) is 98.1 Å². The van der Waals surface area contributed by atoms with Gasteiger partial charge in [-0.3, -0.25) is 34.1 Å². The van der Waals surface area contributed by atoms with Crippen LogP contribution in [0, 0.1) is 0 Å². The Kier molecular flexibility index (Phi) is 14.2. The average Bonchev–Trinajstić information content (AvgIpc) is 3.11. The first-order valence-electron chi connectivity index (χ1n) is 17.3. The van der Waals surface area contributed by atoms with Gasteiger partial charge in [-0.15, -0.1) is 0 Å². The molecule has 1 aliphatic carbocycles. The van der Waals surface area contributed by atoms with Crippen LogP contribution in [0.5, 0.6) is 0 Å². The van der Waals surface area contributed by atoms with Crippen molar-refractivity contribution >= 4 is 64.8 Å². The van der Waals surface area contributed by atoms with E-state index < -0.39 is 91.9 Å². The number of amides is 2. The van der Waals surface area contributed by atoms with E-state index >= 15 is 0 Å². The summed E-state index contributed by atoms with van der Waals surface area (Å²) in [4.78, 5) is 39.1. The number of nitrogen functional groups attached to an aromatic ring is 1. The third-order valence-corrected chi connectivity index (χ3v) is 11.7. The summed E-state index contributed by atoms with van der Waals surface area (Å²) in [5.74, 6) is 1.06. The Morgan fingerprint density at radius 2 is 1.49 bits per heavy atom. The maximum atomic E-state index is 13.5. The van der Waals surface area contributed by atoms with E-state index in [0.717, 1.165) is 31.0 Å². The predicted molar refractivity (Wildman–Crippen MR) is 204 cm³/mol. The van der Waals surface area contributed by atoms with E-state index in [2.05, 4.69) is 5.32 Å². The number of nitrogens with zero attached hydrogens (tertiary/aromatic N) is 1. The van der Waals surface area contributed by atoms with Gasteiger partial charge in [-0.05, 0) is 87.6 Å². The van der Waals surface area contributed by atoms with Crippen LogP contribution >= 0.6 is 0 Å². The maximum Gasteiger partial charge on any atom is 0.336 e. The molecule has 4 rings (SSSR count). The normalized spacial score (nSPS) is 12.9. The number of hydrazine groups is 1. The van der Waals surface area contributed by atoms with Gasteiger partial charge in [-0.1, -0.05) is 19.4 Å². The lowest BCUT2D eigenvalue weighted by molar-refractivity contribution is -0.176. The van der Waals surface area contributed by atoms with Gasteiger partial charge in [0.15, 0.2) is 16.2 Å². The number of carboxylic acid groups (broad SMARTS) is 1. The van der Waals surface area contributed by atoms with Crippen molar-refractivity contribution in [2.45, 2.75) is 61.3 Å². The number of aromatic carboxylic acids is 1. The number of hydrogen-bond donors (Lipinski definition) is 9. The fourth-order valence-electron chi connectivity index (χ4n) is 6.38. The fourth-order valence-corrected chi connectivity index (χ4v) is 8.38. The van der Waals surface area contributed by atoms with Crippen LogP contribution in [0.1, 0.15) is 66.2 Å². The first-order chi connectivity index (χ1) is 26.6. The predicted octanol–water partition coefficient (Wildman–Crippen LogP) is 0.277. The molecule has 1 heterocycles. The summed E-state index contributed by atoms with van der Waals surface area (Å²) in [6, 6.07) is 6.77. The highest BCUT2D eigenvalue weighted by Gasteiger charge is 2.33. The molecule has 2 amide bonds. The molecule has 0 saturated carbocycles. The monoisotopic (exact) mass is 855 g/mol. The third-order valence-electron chi connectivity index (χ3n) is 9.01. The molecule has 2 aliphatic rings. The number of rotatable bonds is 19. The standard InChI is InChI=1S/C34H42N6O14S3/c1-2-3-14-40(16-6-17-55(45,46)47)15-5-4-7-26(33(42)39-37)38-32(41)19-8-9-20(23(18-19)34(43)44)27-21-10-12-24(35)30(56(48,49)50)28(21)54-29-22(27)11-13-25(36)31(29)57(51,52)53/h8-13,18,26,35H,2-7,14-17,36-37H2,1H3,(H,38,41)(H,39,42)(H,43,44)(H,45,46,47)(H,48,49,50)(H,51,52,53)/p+1. The van der Waals surface area contributed by atoms with E-state index in [1.807, 2.05) is 17.2 Å². The number of nitrogens with two attached hydrogens (primary N) is 3. The van der Waals surface area contributed by atoms with Gasteiger partial charge < -0.3 is 25.5 Å². The Labute approximate surface area is 327 Å². The van der Waals surface area contributed by atoms with E-state index in [1.165, 1.54) is 24.3 Å². The lowest BCUT2D eigenvalue weighted by Gasteiger charge is -2.23. The summed E-state index contributed by atoms with van der Waals surface area (Å²) in [5.41, 5.74) is 5.26. The van der Waals surface area contributed by atoms with Gasteiger partial charge in [0.25, 0.3) is 32.1 Å². The average molecular weight is 856 g/mol.